The first-order valence-corrected chi connectivity index (χ1v) is 10.5. The molecule has 0 aliphatic heterocycles. The van der Waals surface area contributed by atoms with Crippen molar-refractivity contribution < 1.29 is 31.1 Å². The van der Waals surface area contributed by atoms with Crippen molar-refractivity contribution in [2.24, 2.45) is 0 Å². The number of alkyl halides is 6. The largest absolute Gasteiger partial charge is 0.416 e. The van der Waals surface area contributed by atoms with E-state index in [1.807, 2.05) is 0 Å². The molecule has 1 fully saturated rings. The summed E-state index contributed by atoms with van der Waals surface area (Å²) in [5.74, 6) is -1.12. The van der Waals surface area contributed by atoms with E-state index >= 15 is 0 Å². The first-order valence-electron chi connectivity index (χ1n) is 10.5. The van der Waals surface area contributed by atoms with Gasteiger partial charge in [-0.2, -0.15) is 31.4 Å². The van der Waals surface area contributed by atoms with Gasteiger partial charge in [-0.3, -0.25) is 9.59 Å². The Morgan fingerprint density at radius 1 is 0.941 bits per heavy atom. The summed E-state index contributed by atoms with van der Waals surface area (Å²) in [6.45, 7) is -0.288. The van der Waals surface area contributed by atoms with Crippen molar-refractivity contribution in [1.82, 2.24) is 15.1 Å². The van der Waals surface area contributed by atoms with Crippen LogP contribution in [-0.4, -0.2) is 15.7 Å². The summed E-state index contributed by atoms with van der Waals surface area (Å²) in [7, 11) is 0. The first-order chi connectivity index (χ1) is 15.9. The van der Waals surface area contributed by atoms with Gasteiger partial charge in [-0.05, 0) is 37.1 Å². The second-order valence-corrected chi connectivity index (χ2v) is 8.16. The smallest absolute Gasteiger partial charge is 0.346 e. The van der Waals surface area contributed by atoms with Crippen molar-refractivity contribution in [2.45, 2.75) is 50.6 Å². The van der Waals surface area contributed by atoms with Crippen molar-refractivity contribution in [3.8, 4) is 0 Å². The molecule has 34 heavy (non-hydrogen) atoms. The highest BCUT2D eigenvalue weighted by molar-refractivity contribution is 5.95. The molecule has 1 aromatic heterocycles. The fourth-order valence-corrected chi connectivity index (χ4v) is 4.15. The first kappa shape index (κ1) is 23.8. The fourth-order valence-electron chi connectivity index (χ4n) is 4.15. The number of nitrogens with one attached hydrogen (secondary N) is 1. The Labute approximate surface area is 189 Å². The molecule has 0 saturated heterocycles. The van der Waals surface area contributed by atoms with E-state index < -0.39 is 35.0 Å². The second-order valence-electron chi connectivity index (χ2n) is 8.16. The zero-order valence-corrected chi connectivity index (χ0v) is 17.6. The SMILES string of the molecule is O=C(NCc1nn(C2CCCC2)c(=O)c2ccccc12)c1cc(C(F)(F)F)cc(C(F)(F)F)c1. The molecule has 1 aliphatic carbocycles. The Morgan fingerprint density at radius 2 is 1.50 bits per heavy atom. The number of nitrogens with zero attached hydrogens (tertiary/aromatic N) is 2. The highest BCUT2D eigenvalue weighted by Gasteiger charge is 2.37. The Hall–Kier alpha value is -3.37. The van der Waals surface area contributed by atoms with Crippen molar-refractivity contribution in [3.05, 3.63) is 75.2 Å². The van der Waals surface area contributed by atoms with Crippen molar-refractivity contribution >= 4 is 16.7 Å². The van der Waals surface area contributed by atoms with E-state index in [1.54, 1.807) is 24.3 Å². The predicted octanol–water partition coefficient (Wildman–Crippen LogP) is 5.48. The van der Waals surface area contributed by atoms with Gasteiger partial charge in [0, 0.05) is 10.9 Å². The van der Waals surface area contributed by atoms with E-state index in [-0.39, 0.29) is 24.2 Å². The fraction of sp³-hybridized carbons (Fsp3) is 0.348. The average molecular weight is 483 g/mol. The third-order valence-corrected chi connectivity index (χ3v) is 5.84. The van der Waals surface area contributed by atoms with Crippen LogP contribution in [0.5, 0.6) is 0 Å². The lowest BCUT2D eigenvalue weighted by Crippen LogP contribution is -2.30. The number of halogens is 6. The molecule has 1 N–H and O–H groups in total. The molecule has 3 aromatic rings. The Bertz CT molecular complexity index is 1260. The molecule has 0 bridgehead atoms. The number of amides is 1. The van der Waals surface area contributed by atoms with E-state index in [9.17, 15) is 35.9 Å². The van der Waals surface area contributed by atoms with E-state index in [2.05, 4.69) is 10.4 Å². The molecule has 0 spiro atoms. The number of carbonyl (C=O) groups excluding carboxylic acids is 1. The van der Waals surface area contributed by atoms with Crippen molar-refractivity contribution in [3.63, 3.8) is 0 Å². The van der Waals surface area contributed by atoms with Gasteiger partial charge >= 0.3 is 12.4 Å². The molecule has 1 heterocycles. The molecule has 1 amide bonds. The van der Waals surface area contributed by atoms with Crippen LogP contribution >= 0.6 is 0 Å². The topological polar surface area (TPSA) is 64.0 Å². The minimum atomic E-state index is -5.06. The van der Waals surface area contributed by atoms with Crippen LogP contribution in [0.15, 0.2) is 47.3 Å². The van der Waals surface area contributed by atoms with Gasteiger partial charge in [0.05, 0.1) is 34.8 Å². The van der Waals surface area contributed by atoms with Crippen LogP contribution in [0.4, 0.5) is 26.3 Å². The zero-order chi connectivity index (χ0) is 24.7. The Balaban J connectivity index is 1.68. The Kier molecular flexibility index (Phi) is 6.13. The minimum absolute atomic E-state index is 0.0384. The van der Waals surface area contributed by atoms with E-state index in [4.69, 9.17) is 0 Å². The quantitative estimate of drug-likeness (QED) is 0.500. The molecule has 5 nitrogen and oxygen atoms in total. The minimum Gasteiger partial charge on any atom is -0.346 e. The molecule has 1 saturated carbocycles. The number of carbonyl (C=O) groups is 1. The molecule has 180 valence electrons. The molecular weight excluding hydrogens is 464 g/mol. The lowest BCUT2D eigenvalue weighted by molar-refractivity contribution is -0.143. The highest BCUT2D eigenvalue weighted by Crippen LogP contribution is 2.36. The second kappa shape index (κ2) is 8.77. The van der Waals surface area contributed by atoms with Crippen LogP contribution in [-0.2, 0) is 18.9 Å². The number of hydrogen-bond donors (Lipinski definition) is 1. The number of rotatable bonds is 4. The molecule has 0 radical (unpaired) electrons. The number of benzene rings is 2. The van der Waals surface area contributed by atoms with Gasteiger partial charge in [-0.15, -0.1) is 0 Å². The summed E-state index contributed by atoms with van der Waals surface area (Å²) in [4.78, 5) is 25.5. The van der Waals surface area contributed by atoms with Gasteiger partial charge in [-0.25, -0.2) is 4.68 Å². The van der Waals surface area contributed by atoms with Crippen LogP contribution in [0, 0.1) is 0 Å². The van der Waals surface area contributed by atoms with Gasteiger partial charge in [0.1, 0.15) is 0 Å². The third-order valence-electron chi connectivity index (χ3n) is 5.84. The van der Waals surface area contributed by atoms with Crippen LogP contribution < -0.4 is 10.9 Å². The predicted molar refractivity (Wildman–Crippen MR) is 111 cm³/mol. The average Bonchev–Trinajstić information content (AvgIpc) is 3.32. The number of fused-ring (bicyclic) bond motifs is 1. The summed E-state index contributed by atoms with van der Waals surface area (Å²) in [5, 5.41) is 7.56. The van der Waals surface area contributed by atoms with Crippen LogP contribution in [0.1, 0.15) is 58.9 Å². The summed E-state index contributed by atoms with van der Waals surface area (Å²) in [5.41, 5.74) is -3.93. The molecule has 11 heteroatoms. The maximum atomic E-state index is 13.1. The van der Waals surface area contributed by atoms with Crippen LogP contribution in [0.25, 0.3) is 10.8 Å². The van der Waals surface area contributed by atoms with Crippen molar-refractivity contribution in [2.75, 3.05) is 0 Å². The third kappa shape index (κ3) is 4.78. The van der Waals surface area contributed by atoms with E-state index in [0.29, 0.717) is 28.6 Å². The normalized spacial score (nSPS) is 15.1. The van der Waals surface area contributed by atoms with Gasteiger partial charge in [0.25, 0.3) is 11.5 Å². The van der Waals surface area contributed by atoms with E-state index in [1.165, 1.54) is 4.68 Å². The number of hydrogen-bond acceptors (Lipinski definition) is 3. The standard InChI is InChI=1S/C23H19F6N3O2/c24-22(25,26)14-9-13(10-15(11-14)23(27,28)29)20(33)30-12-19-17-7-3-4-8-18(17)21(34)32(31-19)16-5-1-2-6-16/h3-4,7-11,16H,1-2,5-6,12H2,(H,30,33). The highest BCUT2D eigenvalue weighted by atomic mass is 19.4. The molecule has 0 unspecified atom stereocenters. The lowest BCUT2D eigenvalue weighted by atomic mass is 10.0. The molecule has 1 aliphatic rings. The van der Waals surface area contributed by atoms with E-state index in [0.717, 1.165) is 25.7 Å². The molecule has 2 aromatic carbocycles. The summed E-state index contributed by atoms with van der Waals surface area (Å²) < 4.78 is 80.0. The maximum Gasteiger partial charge on any atom is 0.416 e. The van der Waals surface area contributed by atoms with Crippen molar-refractivity contribution in [1.29, 1.82) is 0 Å². The Morgan fingerprint density at radius 3 is 2.06 bits per heavy atom. The summed E-state index contributed by atoms with van der Waals surface area (Å²) in [6.07, 6.45) is -6.72. The van der Waals surface area contributed by atoms with Gasteiger partial charge in [-0.1, -0.05) is 31.0 Å². The molecule has 4 rings (SSSR count). The summed E-state index contributed by atoms with van der Waals surface area (Å²) in [6, 6.07) is 7.16. The van der Waals surface area contributed by atoms with Crippen LogP contribution in [0.3, 0.4) is 0 Å². The maximum absolute atomic E-state index is 13.1. The zero-order valence-electron chi connectivity index (χ0n) is 17.6. The lowest BCUT2D eigenvalue weighted by Gasteiger charge is -2.17. The van der Waals surface area contributed by atoms with Crippen LogP contribution in [0.2, 0.25) is 0 Å². The molecule has 0 atom stereocenters. The molecular formula is C23H19F6N3O2. The summed E-state index contributed by atoms with van der Waals surface area (Å²) >= 11 is 0. The monoisotopic (exact) mass is 483 g/mol. The number of aromatic nitrogens is 2. The van der Waals surface area contributed by atoms with Gasteiger partial charge in [0.2, 0.25) is 0 Å². The van der Waals surface area contributed by atoms with Gasteiger partial charge in [0.15, 0.2) is 0 Å². The van der Waals surface area contributed by atoms with Gasteiger partial charge < -0.3 is 5.32 Å².